The van der Waals surface area contributed by atoms with Crippen LogP contribution in [0.15, 0.2) is 36.4 Å². The maximum Gasteiger partial charge on any atom is 0.127 e. The second kappa shape index (κ2) is 7.06. The Labute approximate surface area is 131 Å². The van der Waals surface area contributed by atoms with Gasteiger partial charge in [0, 0.05) is 5.02 Å². The standard InChI is InChI=1S/C18H21ClFN/c1-4-9-21-18(14-7-5-12(2)6-8-14)15-10-13(3)17(20)11-16(15)19/h5-8,10-11,18,21H,4,9H2,1-3H3. The van der Waals surface area contributed by atoms with E-state index < -0.39 is 0 Å². The molecule has 0 saturated heterocycles. The average molecular weight is 306 g/mol. The van der Waals surface area contributed by atoms with E-state index in [1.54, 1.807) is 6.92 Å². The lowest BCUT2D eigenvalue weighted by molar-refractivity contribution is 0.590. The molecule has 1 N–H and O–H groups in total. The Bertz CT molecular complexity index is 607. The minimum Gasteiger partial charge on any atom is -0.306 e. The number of halogens is 2. The molecule has 1 nitrogen and oxygen atoms in total. The monoisotopic (exact) mass is 305 g/mol. The summed E-state index contributed by atoms with van der Waals surface area (Å²) in [6.07, 6.45) is 1.03. The van der Waals surface area contributed by atoms with E-state index in [0.29, 0.717) is 10.6 Å². The van der Waals surface area contributed by atoms with Gasteiger partial charge in [-0.2, -0.15) is 0 Å². The van der Waals surface area contributed by atoms with Crippen LogP contribution in [0.4, 0.5) is 4.39 Å². The van der Waals surface area contributed by atoms with Crippen LogP contribution in [0.5, 0.6) is 0 Å². The third kappa shape index (κ3) is 3.84. The normalized spacial score (nSPS) is 12.4. The molecule has 0 amide bonds. The van der Waals surface area contributed by atoms with Crippen molar-refractivity contribution >= 4 is 11.6 Å². The molecule has 21 heavy (non-hydrogen) atoms. The first-order valence-electron chi connectivity index (χ1n) is 7.28. The largest absolute Gasteiger partial charge is 0.306 e. The summed E-state index contributed by atoms with van der Waals surface area (Å²) in [7, 11) is 0. The Balaban J connectivity index is 2.45. The van der Waals surface area contributed by atoms with Crippen LogP contribution in [0.25, 0.3) is 0 Å². The predicted molar refractivity (Wildman–Crippen MR) is 87.5 cm³/mol. The van der Waals surface area contributed by atoms with Crippen molar-refractivity contribution in [2.45, 2.75) is 33.2 Å². The minimum atomic E-state index is -0.262. The fourth-order valence-corrected chi connectivity index (χ4v) is 2.62. The van der Waals surface area contributed by atoms with Gasteiger partial charge in [-0.3, -0.25) is 0 Å². The molecule has 0 aliphatic rings. The Morgan fingerprint density at radius 1 is 1.14 bits per heavy atom. The minimum absolute atomic E-state index is 0.0163. The van der Waals surface area contributed by atoms with Gasteiger partial charge in [0.05, 0.1) is 6.04 Å². The summed E-state index contributed by atoms with van der Waals surface area (Å²) in [6, 6.07) is 11.6. The van der Waals surface area contributed by atoms with E-state index in [-0.39, 0.29) is 11.9 Å². The molecule has 0 aromatic heterocycles. The van der Waals surface area contributed by atoms with E-state index in [4.69, 9.17) is 11.6 Å². The molecule has 0 spiro atoms. The van der Waals surface area contributed by atoms with Crippen molar-refractivity contribution < 1.29 is 4.39 Å². The average Bonchev–Trinajstić information content (AvgIpc) is 2.46. The number of hydrogen-bond acceptors (Lipinski definition) is 1. The number of benzene rings is 2. The lowest BCUT2D eigenvalue weighted by Crippen LogP contribution is -2.23. The number of nitrogens with one attached hydrogen (secondary N) is 1. The highest BCUT2D eigenvalue weighted by molar-refractivity contribution is 6.31. The summed E-state index contributed by atoms with van der Waals surface area (Å²) in [5.41, 5.74) is 3.90. The molecule has 0 heterocycles. The molecule has 2 rings (SSSR count). The molecular weight excluding hydrogens is 285 g/mol. The van der Waals surface area contributed by atoms with Crippen molar-refractivity contribution in [1.29, 1.82) is 0 Å². The van der Waals surface area contributed by atoms with E-state index in [1.807, 2.05) is 6.07 Å². The van der Waals surface area contributed by atoms with Crippen LogP contribution < -0.4 is 5.32 Å². The second-order valence-electron chi connectivity index (χ2n) is 5.42. The van der Waals surface area contributed by atoms with Crippen molar-refractivity contribution in [1.82, 2.24) is 5.32 Å². The van der Waals surface area contributed by atoms with Crippen LogP contribution in [-0.4, -0.2) is 6.54 Å². The highest BCUT2D eigenvalue weighted by atomic mass is 35.5. The van der Waals surface area contributed by atoms with Crippen LogP contribution >= 0.6 is 11.6 Å². The summed E-state index contributed by atoms with van der Waals surface area (Å²) in [4.78, 5) is 0. The maximum absolute atomic E-state index is 13.6. The number of hydrogen-bond donors (Lipinski definition) is 1. The van der Waals surface area contributed by atoms with Gasteiger partial charge in [-0.1, -0.05) is 48.4 Å². The second-order valence-corrected chi connectivity index (χ2v) is 5.83. The molecule has 2 aromatic rings. The van der Waals surface area contributed by atoms with Gasteiger partial charge < -0.3 is 5.32 Å². The third-order valence-corrected chi connectivity index (χ3v) is 3.93. The van der Waals surface area contributed by atoms with Gasteiger partial charge in [-0.15, -0.1) is 0 Å². The van der Waals surface area contributed by atoms with Gasteiger partial charge in [0.1, 0.15) is 5.82 Å². The van der Waals surface area contributed by atoms with E-state index in [0.717, 1.165) is 24.1 Å². The summed E-state index contributed by atoms with van der Waals surface area (Å²) >= 11 is 6.28. The van der Waals surface area contributed by atoms with Crippen LogP contribution in [0.2, 0.25) is 5.02 Å². The predicted octanol–water partition coefficient (Wildman–Crippen LogP) is 5.18. The number of rotatable bonds is 5. The first-order valence-corrected chi connectivity index (χ1v) is 7.66. The van der Waals surface area contributed by atoms with Gasteiger partial charge in [0.2, 0.25) is 0 Å². The van der Waals surface area contributed by atoms with Crippen LogP contribution in [0.1, 0.15) is 41.6 Å². The highest BCUT2D eigenvalue weighted by Crippen LogP contribution is 2.30. The van der Waals surface area contributed by atoms with Gasteiger partial charge in [0.25, 0.3) is 0 Å². The molecule has 2 aromatic carbocycles. The first-order chi connectivity index (χ1) is 10.0. The van der Waals surface area contributed by atoms with Gasteiger partial charge in [-0.25, -0.2) is 4.39 Å². The van der Waals surface area contributed by atoms with E-state index in [9.17, 15) is 4.39 Å². The van der Waals surface area contributed by atoms with Crippen molar-refractivity contribution in [3.8, 4) is 0 Å². The maximum atomic E-state index is 13.6. The summed E-state index contributed by atoms with van der Waals surface area (Å²) < 4.78 is 13.6. The molecule has 0 bridgehead atoms. The van der Waals surface area contributed by atoms with Crippen LogP contribution in [0, 0.1) is 19.7 Å². The molecule has 0 aliphatic carbocycles. The molecule has 0 radical (unpaired) electrons. The summed E-state index contributed by atoms with van der Waals surface area (Å²) in [5.74, 6) is -0.262. The molecule has 0 fully saturated rings. The fraction of sp³-hybridized carbons (Fsp3) is 0.333. The van der Waals surface area contributed by atoms with Gasteiger partial charge in [-0.05, 0) is 55.6 Å². The zero-order valence-corrected chi connectivity index (χ0v) is 13.5. The SMILES string of the molecule is CCCNC(c1ccc(C)cc1)c1cc(C)c(F)cc1Cl. The van der Waals surface area contributed by atoms with Crippen molar-refractivity contribution in [2.24, 2.45) is 0 Å². The Morgan fingerprint density at radius 3 is 2.43 bits per heavy atom. The summed E-state index contributed by atoms with van der Waals surface area (Å²) in [6.45, 7) is 6.83. The Morgan fingerprint density at radius 2 is 1.81 bits per heavy atom. The van der Waals surface area contributed by atoms with E-state index in [1.165, 1.54) is 11.6 Å². The van der Waals surface area contributed by atoms with Gasteiger partial charge in [0.15, 0.2) is 0 Å². The molecular formula is C18H21ClFN. The Kier molecular flexibility index (Phi) is 5.38. The molecule has 1 unspecified atom stereocenters. The van der Waals surface area contributed by atoms with Crippen molar-refractivity contribution in [2.75, 3.05) is 6.54 Å². The molecule has 1 atom stereocenters. The van der Waals surface area contributed by atoms with E-state index >= 15 is 0 Å². The first kappa shape index (κ1) is 16.0. The topological polar surface area (TPSA) is 12.0 Å². The molecule has 0 aliphatic heterocycles. The highest BCUT2D eigenvalue weighted by Gasteiger charge is 2.18. The zero-order chi connectivity index (χ0) is 15.4. The van der Waals surface area contributed by atoms with Gasteiger partial charge >= 0.3 is 0 Å². The zero-order valence-electron chi connectivity index (χ0n) is 12.7. The lowest BCUT2D eigenvalue weighted by atomic mass is 9.96. The Hall–Kier alpha value is -1.38. The quantitative estimate of drug-likeness (QED) is 0.802. The van der Waals surface area contributed by atoms with Crippen LogP contribution in [0.3, 0.4) is 0 Å². The van der Waals surface area contributed by atoms with E-state index in [2.05, 4.69) is 43.4 Å². The molecule has 112 valence electrons. The molecule has 3 heteroatoms. The fourth-order valence-electron chi connectivity index (χ4n) is 2.36. The van der Waals surface area contributed by atoms with Crippen molar-refractivity contribution in [3.63, 3.8) is 0 Å². The molecule has 0 saturated carbocycles. The lowest BCUT2D eigenvalue weighted by Gasteiger charge is -2.21. The number of aryl methyl sites for hydroxylation is 2. The third-order valence-electron chi connectivity index (χ3n) is 3.60. The summed E-state index contributed by atoms with van der Waals surface area (Å²) in [5, 5.41) is 3.97. The smallest absolute Gasteiger partial charge is 0.127 e. The van der Waals surface area contributed by atoms with Crippen molar-refractivity contribution in [3.05, 3.63) is 69.5 Å². The van der Waals surface area contributed by atoms with Crippen LogP contribution in [-0.2, 0) is 0 Å².